The van der Waals surface area contributed by atoms with Gasteiger partial charge in [-0.1, -0.05) is 0 Å². The maximum absolute atomic E-state index is 12.1. The van der Waals surface area contributed by atoms with Crippen LogP contribution in [0, 0.1) is 0 Å². The van der Waals surface area contributed by atoms with E-state index in [1.54, 1.807) is 0 Å². The molecule has 0 radical (unpaired) electrons. The van der Waals surface area contributed by atoms with Gasteiger partial charge in [-0.2, -0.15) is 4.31 Å². The predicted molar refractivity (Wildman–Crippen MR) is 112 cm³/mol. The largest absolute Gasteiger partial charge is 0.488 e. The summed E-state index contributed by atoms with van der Waals surface area (Å²) >= 11 is 0. The fourth-order valence-corrected chi connectivity index (χ4v) is 7.14. The second-order valence-electron chi connectivity index (χ2n) is 7.03. The number of hydrogen-bond donors (Lipinski definition) is 7. The van der Waals surface area contributed by atoms with Crippen LogP contribution in [0.1, 0.15) is 12.6 Å². The van der Waals surface area contributed by atoms with Gasteiger partial charge in [0.1, 0.15) is 30.2 Å². The topological polar surface area (TPSA) is 285 Å². The summed E-state index contributed by atoms with van der Waals surface area (Å²) in [6, 6.07) is 0. The van der Waals surface area contributed by atoms with Crippen LogP contribution in [0.5, 0.6) is 0 Å². The summed E-state index contributed by atoms with van der Waals surface area (Å²) in [5.41, 5.74) is 11.2. The zero-order valence-electron chi connectivity index (χ0n) is 17.2. The highest BCUT2D eigenvalue weighted by atomic mass is 31.3. The SMILES string of the molecule is NCCCP(=O)(O)OP(=O)(O)OP(=O)(O)OC[C@H]1O[C@@H](n2cnc3c(N)ncnc32)[C@@H](O)C1O. The third-order valence-electron chi connectivity index (χ3n) is 4.48. The number of ether oxygens (including phenoxy) is 1. The van der Waals surface area contributed by atoms with Crippen LogP contribution in [0.25, 0.3) is 11.2 Å². The number of aliphatic hydroxyl groups excluding tert-OH is 2. The van der Waals surface area contributed by atoms with Gasteiger partial charge >= 0.3 is 23.2 Å². The maximum Gasteiger partial charge on any atom is 0.488 e. The lowest BCUT2D eigenvalue weighted by atomic mass is 10.1. The number of nitrogen functional groups attached to an aromatic ring is 1. The molecule has 1 aliphatic rings. The first kappa shape index (κ1) is 27.2. The second kappa shape index (κ2) is 10.3. The van der Waals surface area contributed by atoms with E-state index in [0.29, 0.717) is 0 Å². The lowest BCUT2D eigenvalue weighted by Gasteiger charge is -2.20. The molecule has 1 aliphatic heterocycles. The van der Waals surface area contributed by atoms with Gasteiger partial charge in [-0.15, -0.1) is 0 Å². The molecule has 0 bridgehead atoms. The Bertz CT molecular complexity index is 1160. The third kappa shape index (κ3) is 6.44. The number of aromatic nitrogens is 4. The Morgan fingerprint density at radius 3 is 2.44 bits per heavy atom. The first-order valence-corrected chi connectivity index (χ1v) is 14.2. The summed E-state index contributed by atoms with van der Waals surface area (Å²) < 4.78 is 55.0. The number of nitrogens with zero attached hydrogens (tertiary/aromatic N) is 4. The minimum absolute atomic E-state index is 0.0160. The number of imidazole rings is 1. The third-order valence-corrected chi connectivity index (χ3v) is 9.34. The van der Waals surface area contributed by atoms with Crippen molar-refractivity contribution in [2.45, 2.75) is 31.0 Å². The quantitative estimate of drug-likeness (QED) is 0.162. The lowest BCUT2D eigenvalue weighted by molar-refractivity contribution is -0.0503. The van der Waals surface area contributed by atoms with Crippen LogP contribution >= 0.6 is 23.2 Å². The van der Waals surface area contributed by atoms with Crippen molar-refractivity contribution in [3.05, 3.63) is 12.7 Å². The van der Waals surface area contributed by atoms with Gasteiger partial charge < -0.3 is 41.1 Å². The van der Waals surface area contributed by atoms with Gasteiger partial charge in [0.05, 0.1) is 19.1 Å². The number of hydrogen-bond acceptors (Lipinski definition) is 14. The molecule has 18 nitrogen and oxygen atoms in total. The molecule has 0 aromatic carbocycles. The minimum atomic E-state index is -5.53. The smallest absolute Gasteiger partial charge is 0.387 e. The number of fused-ring (bicyclic) bond motifs is 1. The van der Waals surface area contributed by atoms with E-state index in [2.05, 4.69) is 28.1 Å². The van der Waals surface area contributed by atoms with E-state index in [9.17, 15) is 38.6 Å². The van der Waals surface area contributed by atoms with E-state index in [-0.39, 0.29) is 29.9 Å². The van der Waals surface area contributed by atoms with Crippen molar-refractivity contribution in [1.82, 2.24) is 19.5 Å². The number of phosphoric ester groups is 1. The predicted octanol–water partition coefficient (Wildman–Crippen LogP) is -1.19. The summed E-state index contributed by atoms with van der Waals surface area (Å²) in [6.45, 7) is -0.923. The molecule has 2 aromatic rings. The van der Waals surface area contributed by atoms with Gasteiger partial charge in [0.2, 0.25) is 0 Å². The molecule has 7 atom stereocenters. The molecule has 1 saturated heterocycles. The average molecular weight is 548 g/mol. The second-order valence-corrected chi connectivity index (χ2v) is 12.2. The molecule has 0 spiro atoms. The summed E-state index contributed by atoms with van der Waals surface area (Å²) in [6.07, 6.45) is -4.18. The zero-order chi connectivity index (χ0) is 25.3. The average Bonchev–Trinajstić information content (AvgIpc) is 3.26. The lowest BCUT2D eigenvalue weighted by Crippen LogP contribution is -2.33. The zero-order valence-corrected chi connectivity index (χ0v) is 19.9. The monoisotopic (exact) mass is 548 g/mol. The standard InChI is InChI=1S/C13H23N6O12P3/c14-2-1-3-32(22,23)30-34(26,27)31-33(24,25)28-4-7-9(20)10(21)13(29-7)19-6-18-8-11(15)16-5-17-12(8)19/h5-7,9-10,13,20-21H,1-4,14H2,(H,22,23)(H,24,25)(H,26,27)(H2,15,16,17)/t7-,9?,10+,13-/m1/s1. The van der Waals surface area contributed by atoms with Gasteiger partial charge in [0.25, 0.3) is 0 Å². The number of anilines is 1. The molecular formula is C13H23N6O12P3. The molecule has 192 valence electrons. The number of nitrogens with two attached hydrogens (primary N) is 2. The van der Waals surface area contributed by atoms with Crippen molar-refractivity contribution < 1.29 is 56.5 Å². The molecule has 0 aliphatic carbocycles. The first-order chi connectivity index (χ1) is 15.8. The maximum atomic E-state index is 12.1. The molecule has 1 fully saturated rings. The van der Waals surface area contributed by atoms with Crippen LogP contribution in [0.2, 0.25) is 0 Å². The Balaban J connectivity index is 1.64. The van der Waals surface area contributed by atoms with Crippen LogP contribution in [0.3, 0.4) is 0 Å². The Kier molecular flexibility index (Phi) is 8.27. The van der Waals surface area contributed by atoms with Crippen LogP contribution in [0.4, 0.5) is 5.82 Å². The summed E-state index contributed by atoms with van der Waals surface area (Å²) in [4.78, 5) is 40.5. The molecule has 34 heavy (non-hydrogen) atoms. The molecule has 0 amide bonds. The fraction of sp³-hybridized carbons (Fsp3) is 0.615. The summed E-state index contributed by atoms with van der Waals surface area (Å²) in [7, 11) is -15.6. The molecule has 3 rings (SSSR count). The van der Waals surface area contributed by atoms with E-state index < -0.39 is 60.5 Å². The summed E-state index contributed by atoms with van der Waals surface area (Å²) in [5, 5.41) is 20.6. The number of phosphoric acid groups is 2. The Labute approximate surface area is 191 Å². The highest BCUT2D eigenvalue weighted by Crippen LogP contribution is 2.67. The van der Waals surface area contributed by atoms with Crippen LogP contribution in [0.15, 0.2) is 12.7 Å². The van der Waals surface area contributed by atoms with E-state index in [4.69, 9.17) is 16.2 Å². The molecule has 0 saturated carbocycles. The minimum Gasteiger partial charge on any atom is -0.387 e. The Morgan fingerprint density at radius 2 is 1.76 bits per heavy atom. The molecule has 3 heterocycles. The number of rotatable bonds is 11. The van der Waals surface area contributed by atoms with Crippen molar-refractivity contribution >= 4 is 40.2 Å². The molecular weight excluding hydrogens is 525 g/mol. The number of aliphatic hydroxyl groups is 2. The Morgan fingerprint density at radius 1 is 1.06 bits per heavy atom. The van der Waals surface area contributed by atoms with Crippen molar-refractivity contribution in [3.63, 3.8) is 0 Å². The van der Waals surface area contributed by atoms with Gasteiger partial charge in [0.15, 0.2) is 17.7 Å². The van der Waals surface area contributed by atoms with Gasteiger partial charge in [-0.3, -0.25) is 13.7 Å². The van der Waals surface area contributed by atoms with Crippen molar-refractivity contribution in [3.8, 4) is 0 Å². The van der Waals surface area contributed by atoms with Crippen molar-refractivity contribution in [2.24, 2.45) is 5.73 Å². The van der Waals surface area contributed by atoms with E-state index in [1.807, 2.05) is 0 Å². The molecule has 4 unspecified atom stereocenters. The Hall–Kier alpha value is -1.36. The highest BCUT2D eigenvalue weighted by molar-refractivity contribution is 7.68. The van der Waals surface area contributed by atoms with Crippen LogP contribution < -0.4 is 11.5 Å². The van der Waals surface area contributed by atoms with E-state index in [0.717, 1.165) is 6.33 Å². The van der Waals surface area contributed by atoms with Gasteiger partial charge in [-0.05, 0) is 13.0 Å². The van der Waals surface area contributed by atoms with E-state index >= 15 is 0 Å². The van der Waals surface area contributed by atoms with Gasteiger partial charge in [0, 0.05) is 0 Å². The molecule has 21 heteroatoms. The van der Waals surface area contributed by atoms with Crippen molar-refractivity contribution in [2.75, 3.05) is 25.0 Å². The highest BCUT2D eigenvalue weighted by Gasteiger charge is 2.47. The molecule has 9 N–H and O–H groups in total. The fourth-order valence-electron chi connectivity index (χ4n) is 2.98. The van der Waals surface area contributed by atoms with Crippen molar-refractivity contribution in [1.29, 1.82) is 0 Å². The van der Waals surface area contributed by atoms with Gasteiger partial charge in [-0.25, -0.2) is 28.4 Å². The van der Waals surface area contributed by atoms with Crippen LogP contribution in [-0.2, 0) is 31.6 Å². The summed E-state index contributed by atoms with van der Waals surface area (Å²) in [5.74, 6) is 0.0566. The van der Waals surface area contributed by atoms with Crippen LogP contribution in [-0.4, -0.2) is 82.0 Å². The first-order valence-electron chi connectivity index (χ1n) is 9.44. The molecule has 2 aromatic heterocycles. The normalized spacial score (nSPS) is 28.4. The van der Waals surface area contributed by atoms with E-state index in [1.165, 1.54) is 10.9 Å².